The zero-order valence-corrected chi connectivity index (χ0v) is 12.7. The minimum Gasteiger partial charge on any atom is -0.480 e. The van der Waals surface area contributed by atoms with Crippen LogP contribution in [0, 0.1) is 0 Å². The molecule has 0 aromatic heterocycles. The van der Waals surface area contributed by atoms with E-state index < -0.39 is 12.0 Å². The van der Waals surface area contributed by atoms with E-state index in [-0.39, 0.29) is 12.1 Å². The monoisotopic (exact) mass is 295 g/mol. The molecule has 6 heteroatoms. The molecule has 3 aliphatic heterocycles. The number of nitrogens with zero attached hydrogens (tertiary/aromatic N) is 3. The average Bonchev–Trinajstić information content (AvgIpc) is 2.95. The smallest absolute Gasteiger partial charge is 0.326 e. The quantitative estimate of drug-likeness (QED) is 0.790. The van der Waals surface area contributed by atoms with Crippen LogP contribution in [-0.2, 0) is 4.79 Å². The van der Waals surface area contributed by atoms with Crippen molar-refractivity contribution in [3.8, 4) is 0 Å². The van der Waals surface area contributed by atoms with Gasteiger partial charge in [0.05, 0.1) is 0 Å². The van der Waals surface area contributed by atoms with Gasteiger partial charge in [0.1, 0.15) is 6.04 Å². The molecule has 3 aliphatic rings. The van der Waals surface area contributed by atoms with Gasteiger partial charge >= 0.3 is 12.0 Å². The van der Waals surface area contributed by atoms with Crippen LogP contribution < -0.4 is 0 Å². The first-order valence-electron chi connectivity index (χ1n) is 8.12. The standard InChI is InChI=1S/C15H25N3O3/c1-11-9-16-7-3-2-5-12(16)10-18(11)15(21)17-8-4-6-13(17)14(19)20/h11-13H,2-10H2,1H3,(H,19,20)/t11?,12?,13-/m1/s1. The van der Waals surface area contributed by atoms with Crippen LogP contribution in [0.4, 0.5) is 4.79 Å². The lowest BCUT2D eigenvalue weighted by Crippen LogP contribution is -2.62. The van der Waals surface area contributed by atoms with Crippen LogP contribution in [-0.4, -0.2) is 76.1 Å². The molecular weight excluding hydrogens is 270 g/mol. The molecule has 2 amide bonds. The van der Waals surface area contributed by atoms with Crippen molar-refractivity contribution in [1.82, 2.24) is 14.7 Å². The molecular formula is C15H25N3O3. The van der Waals surface area contributed by atoms with Crippen molar-refractivity contribution in [3.05, 3.63) is 0 Å². The predicted octanol–water partition coefficient (Wildman–Crippen LogP) is 1.21. The summed E-state index contributed by atoms with van der Waals surface area (Å²) < 4.78 is 0. The number of hydrogen-bond donors (Lipinski definition) is 1. The highest BCUT2D eigenvalue weighted by Crippen LogP contribution is 2.27. The number of carbonyl (C=O) groups excluding carboxylic acids is 1. The molecule has 21 heavy (non-hydrogen) atoms. The van der Waals surface area contributed by atoms with E-state index in [0.717, 1.165) is 32.5 Å². The molecule has 0 aromatic carbocycles. The molecule has 118 valence electrons. The summed E-state index contributed by atoms with van der Waals surface area (Å²) in [4.78, 5) is 30.0. The summed E-state index contributed by atoms with van der Waals surface area (Å²) in [5.41, 5.74) is 0. The first-order valence-corrected chi connectivity index (χ1v) is 8.12. The summed E-state index contributed by atoms with van der Waals surface area (Å²) in [6.45, 7) is 5.46. The summed E-state index contributed by atoms with van der Waals surface area (Å²) in [6, 6.07) is -0.0709. The van der Waals surface area contributed by atoms with Crippen molar-refractivity contribution in [1.29, 1.82) is 0 Å². The summed E-state index contributed by atoms with van der Waals surface area (Å²) in [5.74, 6) is -0.871. The third kappa shape index (κ3) is 2.73. The Morgan fingerprint density at radius 3 is 2.57 bits per heavy atom. The van der Waals surface area contributed by atoms with Gasteiger partial charge in [0.15, 0.2) is 0 Å². The number of urea groups is 1. The van der Waals surface area contributed by atoms with Crippen LogP contribution in [0.25, 0.3) is 0 Å². The van der Waals surface area contributed by atoms with Gasteiger partial charge in [0, 0.05) is 31.7 Å². The van der Waals surface area contributed by atoms with Crippen molar-refractivity contribution in [2.24, 2.45) is 0 Å². The van der Waals surface area contributed by atoms with E-state index in [2.05, 4.69) is 11.8 Å². The summed E-state index contributed by atoms with van der Waals surface area (Å²) in [7, 11) is 0. The van der Waals surface area contributed by atoms with Crippen LogP contribution in [0.1, 0.15) is 39.0 Å². The molecule has 0 saturated carbocycles. The third-order valence-electron chi connectivity index (χ3n) is 5.22. The summed E-state index contributed by atoms with van der Waals surface area (Å²) in [5, 5.41) is 9.26. The fourth-order valence-corrected chi connectivity index (χ4v) is 4.04. The predicted molar refractivity (Wildman–Crippen MR) is 78.1 cm³/mol. The van der Waals surface area contributed by atoms with Gasteiger partial charge in [-0.2, -0.15) is 0 Å². The number of carboxylic acid groups (broad SMARTS) is 1. The molecule has 0 radical (unpaired) electrons. The van der Waals surface area contributed by atoms with Gasteiger partial charge in [-0.05, 0) is 39.2 Å². The maximum atomic E-state index is 12.8. The lowest BCUT2D eigenvalue weighted by molar-refractivity contribution is -0.141. The van der Waals surface area contributed by atoms with Gasteiger partial charge in [-0.15, -0.1) is 0 Å². The largest absolute Gasteiger partial charge is 0.480 e. The highest BCUT2D eigenvalue weighted by molar-refractivity contribution is 5.83. The Labute approximate surface area is 125 Å². The molecule has 0 aromatic rings. The second kappa shape index (κ2) is 5.83. The van der Waals surface area contributed by atoms with Gasteiger partial charge in [-0.1, -0.05) is 6.42 Å². The number of piperazine rings is 1. The Kier molecular flexibility index (Phi) is 4.06. The fraction of sp³-hybridized carbons (Fsp3) is 0.867. The molecule has 3 heterocycles. The molecule has 1 N–H and O–H groups in total. The minimum absolute atomic E-state index is 0.0716. The SMILES string of the molecule is CC1CN2CCCCC2CN1C(=O)N1CCC[C@@H]1C(=O)O. The van der Waals surface area contributed by atoms with Crippen LogP contribution in [0.3, 0.4) is 0 Å². The number of fused-ring (bicyclic) bond motifs is 1. The van der Waals surface area contributed by atoms with Gasteiger partial charge in [-0.25, -0.2) is 9.59 Å². The van der Waals surface area contributed by atoms with E-state index in [9.17, 15) is 14.7 Å². The normalized spacial score (nSPS) is 33.9. The Morgan fingerprint density at radius 1 is 1.00 bits per heavy atom. The second-order valence-electron chi connectivity index (χ2n) is 6.62. The molecule has 0 aliphatic carbocycles. The molecule has 3 saturated heterocycles. The van der Waals surface area contributed by atoms with E-state index in [4.69, 9.17) is 0 Å². The zero-order valence-electron chi connectivity index (χ0n) is 12.7. The third-order valence-corrected chi connectivity index (χ3v) is 5.22. The number of amides is 2. The van der Waals surface area contributed by atoms with Crippen molar-refractivity contribution >= 4 is 12.0 Å². The minimum atomic E-state index is -0.871. The Bertz CT molecular complexity index is 428. The second-order valence-corrected chi connectivity index (χ2v) is 6.62. The van der Waals surface area contributed by atoms with Gasteiger partial charge < -0.3 is 14.9 Å². The number of hydrogen-bond acceptors (Lipinski definition) is 3. The Balaban J connectivity index is 1.70. The first kappa shape index (κ1) is 14.6. The van der Waals surface area contributed by atoms with Crippen molar-refractivity contribution in [3.63, 3.8) is 0 Å². The van der Waals surface area contributed by atoms with Crippen LogP contribution in [0.2, 0.25) is 0 Å². The Hall–Kier alpha value is -1.30. The van der Waals surface area contributed by atoms with Crippen LogP contribution in [0.15, 0.2) is 0 Å². The molecule has 0 bridgehead atoms. The molecule has 0 spiro atoms. The van der Waals surface area contributed by atoms with E-state index in [1.807, 2.05) is 4.90 Å². The van der Waals surface area contributed by atoms with E-state index in [1.165, 1.54) is 12.8 Å². The van der Waals surface area contributed by atoms with Crippen molar-refractivity contribution in [2.45, 2.75) is 57.2 Å². The number of aliphatic carboxylic acids is 1. The van der Waals surface area contributed by atoms with E-state index >= 15 is 0 Å². The molecule has 2 unspecified atom stereocenters. The number of carboxylic acids is 1. The molecule has 6 nitrogen and oxygen atoms in total. The summed E-state index contributed by atoms with van der Waals surface area (Å²) in [6.07, 6.45) is 5.02. The van der Waals surface area contributed by atoms with Crippen LogP contribution >= 0.6 is 0 Å². The lowest BCUT2D eigenvalue weighted by atomic mass is 9.97. The zero-order chi connectivity index (χ0) is 15.0. The Morgan fingerprint density at radius 2 is 1.81 bits per heavy atom. The molecule has 3 rings (SSSR count). The highest BCUT2D eigenvalue weighted by atomic mass is 16.4. The van der Waals surface area contributed by atoms with Gasteiger partial charge in [-0.3, -0.25) is 4.90 Å². The summed E-state index contributed by atoms with van der Waals surface area (Å²) >= 11 is 0. The van der Waals surface area contributed by atoms with E-state index in [1.54, 1.807) is 4.90 Å². The maximum Gasteiger partial charge on any atom is 0.326 e. The molecule has 3 fully saturated rings. The fourth-order valence-electron chi connectivity index (χ4n) is 4.04. The molecule has 3 atom stereocenters. The average molecular weight is 295 g/mol. The van der Waals surface area contributed by atoms with Crippen LogP contribution in [0.5, 0.6) is 0 Å². The highest BCUT2D eigenvalue weighted by Gasteiger charge is 2.41. The maximum absolute atomic E-state index is 12.8. The van der Waals surface area contributed by atoms with Crippen molar-refractivity contribution in [2.75, 3.05) is 26.2 Å². The first-order chi connectivity index (χ1) is 10.1. The lowest BCUT2D eigenvalue weighted by Gasteiger charge is -2.48. The van der Waals surface area contributed by atoms with E-state index in [0.29, 0.717) is 19.0 Å². The number of piperidine rings is 1. The number of likely N-dealkylation sites (tertiary alicyclic amines) is 1. The van der Waals surface area contributed by atoms with Gasteiger partial charge in [0.2, 0.25) is 0 Å². The number of rotatable bonds is 1. The topological polar surface area (TPSA) is 64.1 Å². The number of carbonyl (C=O) groups is 2. The van der Waals surface area contributed by atoms with Crippen molar-refractivity contribution < 1.29 is 14.7 Å². The van der Waals surface area contributed by atoms with Gasteiger partial charge in [0.25, 0.3) is 0 Å².